The molecule has 0 aliphatic carbocycles. The van der Waals surface area contributed by atoms with E-state index in [2.05, 4.69) is 49.4 Å². The van der Waals surface area contributed by atoms with Gasteiger partial charge < -0.3 is 15.3 Å². The Morgan fingerprint density at radius 1 is 1.22 bits per heavy atom. The zero-order valence-corrected chi connectivity index (χ0v) is 16.8. The molecule has 4 rings (SSSR count). The number of hydrogen-bond donors (Lipinski definition) is 2. The van der Waals surface area contributed by atoms with Gasteiger partial charge in [0.15, 0.2) is 5.65 Å². The molecule has 6 nitrogen and oxygen atoms in total. The van der Waals surface area contributed by atoms with Crippen LogP contribution in [-0.2, 0) is 6.54 Å². The molecule has 0 saturated carbocycles. The van der Waals surface area contributed by atoms with Crippen LogP contribution in [0.2, 0.25) is 0 Å². The van der Waals surface area contributed by atoms with Crippen LogP contribution in [0.25, 0.3) is 5.65 Å². The van der Waals surface area contributed by atoms with Crippen LogP contribution in [0.4, 0.5) is 11.6 Å². The van der Waals surface area contributed by atoms with Crippen molar-refractivity contribution in [3.05, 3.63) is 52.6 Å². The Morgan fingerprint density at radius 3 is 2.89 bits per heavy atom. The van der Waals surface area contributed by atoms with Crippen LogP contribution >= 0.6 is 15.9 Å². The van der Waals surface area contributed by atoms with Crippen LogP contribution in [-0.4, -0.2) is 38.9 Å². The molecule has 1 aliphatic heterocycles. The highest BCUT2D eigenvalue weighted by Crippen LogP contribution is 2.29. The summed E-state index contributed by atoms with van der Waals surface area (Å²) in [5, 5.41) is 17.4. The second kappa shape index (κ2) is 8.27. The summed E-state index contributed by atoms with van der Waals surface area (Å²) in [6.45, 7) is 1.90. The smallest absolute Gasteiger partial charge is 0.173 e. The van der Waals surface area contributed by atoms with Gasteiger partial charge in [-0.05, 0) is 47.2 Å². The van der Waals surface area contributed by atoms with E-state index in [1.807, 2.05) is 22.7 Å². The largest absolute Gasteiger partial charge is 0.396 e. The SMILES string of the molecule is OCCC1CCCCN1c1cc(NCc2ccccc2)n2ncc(Br)c2n1. The molecular formula is C20H24BrN5O. The summed E-state index contributed by atoms with van der Waals surface area (Å²) in [6.07, 6.45) is 6.02. The van der Waals surface area contributed by atoms with Crippen molar-refractivity contribution in [2.24, 2.45) is 0 Å². The van der Waals surface area contributed by atoms with Crippen molar-refractivity contribution in [2.45, 2.75) is 38.3 Å². The third kappa shape index (κ3) is 3.94. The molecule has 0 bridgehead atoms. The van der Waals surface area contributed by atoms with Crippen molar-refractivity contribution in [3.8, 4) is 0 Å². The second-order valence-electron chi connectivity index (χ2n) is 6.92. The average molecular weight is 430 g/mol. The molecule has 0 spiro atoms. The normalized spacial score (nSPS) is 17.4. The molecule has 3 heterocycles. The van der Waals surface area contributed by atoms with Gasteiger partial charge in [0.2, 0.25) is 0 Å². The molecule has 1 aromatic carbocycles. The zero-order chi connectivity index (χ0) is 18.6. The molecule has 2 N–H and O–H groups in total. The Morgan fingerprint density at radius 2 is 2.07 bits per heavy atom. The van der Waals surface area contributed by atoms with Crippen LogP contribution in [0.3, 0.4) is 0 Å². The number of aliphatic hydroxyl groups excluding tert-OH is 1. The van der Waals surface area contributed by atoms with Gasteiger partial charge in [-0.1, -0.05) is 30.3 Å². The molecule has 142 valence electrons. The van der Waals surface area contributed by atoms with Crippen LogP contribution < -0.4 is 10.2 Å². The fourth-order valence-electron chi connectivity index (χ4n) is 3.74. The Bertz CT molecular complexity index is 896. The monoisotopic (exact) mass is 429 g/mol. The van der Waals surface area contributed by atoms with Crippen LogP contribution in [0.1, 0.15) is 31.2 Å². The van der Waals surface area contributed by atoms with E-state index in [9.17, 15) is 5.11 Å². The zero-order valence-electron chi connectivity index (χ0n) is 15.2. The minimum absolute atomic E-state index is 0.207. The molecule has 0 radical (unpaired) electrons. The highest BCUT2D eigenvalue weighted by atomic mass is 79.9. The second-order valence-corrected chi connectivity index (χ2v) is 7.78. The molecular weight excluding hydrogens is 406 g/mol. The first-order valence-corrected chi connectivity index (χ1v) is 10.2. The number of aliphatic hydroxyl groups is 1. The minimum atomic E-state index is 0.207. The summed E-state index contributed by atoms with van der Waals surface area (Å²) in [4.78, 5) is 7.20. The van der Waals surface area contributed by atoms with E-state index in [1.54, 1.807) is 6.20 Å². The lowest BCUT2D eigenvalue weighted by Crippen LogP contribution is -2.40. The maximum atomic E-state index is 9.45. The fraction of sp³-hybridized carbons (Fsp3) is 0.400. The van der Waals surface area contributed by atoms with Gasteiger partial charge in [0.25, 0.3) is 0 Å². The van der Waals surface area contributed by atoms with Crippen LogP contribution in [0, 0.1) is 0 Å². The minimum Gasteiger partial charge on any atom is -0.396 e. The number of aromatic nitrogens is 3. The number of rotatable bonds is 6. The van der Waals surface area contributed by atoms with E-state index < -0.39 is 0 Å². The first-order chi connectivity index (χ1) is 13.3. The van der Waals surface area contributed by atoms with E-state index in [4.69, 9.17) is 4.98 Å². The Kier molecular flexibility index (Phi) is 5.59. The first-order valence-electron chi connectivity index (χ1n) is 9.46. The summed E-state index contributed by atoms with van der Waals surface area (Å²) < 4.78 is 2.71. The third-order valence-corrected chi connectivity index (χ3v) is 5.67. The molecule has 1 fully saturated rings. The van der Waals surface area contributed by atoms with Gasteiger partial charge in [0, 0.05) is 31.8 Å². The summed E-state index contributed by atoms with van der Waals surface area (Å²) in [7, 11) is 0. The van der Waals surface area contributed by atoms with Gasteiger partial charge in [-0.15, -0.1) is 0 Å². The van der Waals surface area contributed by atoms with Crippen LogP contribution in [0.15, 0.2) is 47.1 Å². The lowest BCUT2D eigenvalue weighted by molar-refractivity contribution is 0.262. The van der Waals surface area contributed by atoms with Crippen molar-refractivity contribution < 1.29 is 5.11 Å². The summed E-state index contributed by atoms with van der Waals surface area (Å²) >= 11 is 3.57. The average Bonchev–Trinajstić information content (AvgIpc) is 3.09. The number of fused-ring (bicyclic) bond motifs is 1. The van der Waals surface area contributed by atoms with E-state index in [0.29, 0.717) is 6.04 Å². The van der Waals surface area contributed by atoms with Crippen molar-refractivity contribution in [1.29, 1.82) is 0 Å². The molecule has 7 heteroatoms. The van der Waals surface area contributed by atoms with Gasteiger partial charge in [0.1, 0.15) is 11.6 Å². The number of piperidine rings is 1. The topological polar surface area (TPSA) is 65.7 Å². The summed E-state index contributed by atoms with van der Waals surface area (Å²) in [5.41, 5.74) is 2.02. The molecule has 1 aliphatic rings. The van der Waals surface area contributed by atoms with Gasteiger partial charge in [-0.2, -0.15) is 9.61 Å². The van der Waals surface area contributed by atoms with Gasteiger partial charge in [0.05, 0.1) is 10.7 Å². The van der Waals surface area contributed by atoms with Crippen molar-refractivity contribution in [3.63, 3.8) is 0 Å². The molecule has 2 aromatic heterocycles. The molecule has 1 saturated heterocycles. The van der Waals surface area contributed by atoms with Crippen molar-refractivity contribution in [2.75, 3.05) is 23.4 Å². The summed E-state index contributed by atoms with van der Waals surface area (Å²) in [6, 6.07) is 12.7. The van der Waals surface area contributed by atoms with E-state index in [0.717, 1.165) is 54.1 Å². The number of hydrogen-bond acceptors (Lipinski definition) is 5. The van der Waals surface area contributed by atoms with Gasteiger partial charge in [-0.3, -0.25) is 0 Å². The highest BCUT2D eigenvalue weighted by Gasteiger charge is 2.24. The Balaban J connectivity index is 1.68. The lowest BCUT2D eigenvalue weighted by atomic mass is 9.99. The molecule has 1 unspecified atom stereocenters. The van der Waals surface area contributed by atoms with Crippen molar-refractivity contribution >= 4 is 33.2 Å². The Labute approximate surface area is 167 Å². The highest BCUT2D eigenvalue weighted by molar-refractivity contribution is 9.10. The van der Waals surface area contributed by atoms with E-state index in [-0.39, 0.29) is 6.61 Å². The number of nitrogens with one attached hydrogen (secondary N) is 1. The first kappa shape index (κ1) is 18.3. The lowest BCUT2D eigenvalue weighted by Gasteiger charge is -2.36. The van der Waals surface area contributed by atoms with E-state index in [1.165, 1.54) is 12.0 Å². The molecule has 0 amide bonds. The van der Waals surface area contributed by atoms with Crippen LogP contribution in [0.5, 0.6) is 0 Å². The number of benzene rings is 1. The molecule has 27 heavy (non-hydrogen) atoms. The number of anilines is 2. The van der Waals surface area contributed by atoms with Crippen molar-refractivity contribution in [1.82, 2.24) is 14.6 Å². The summed E-state index contributed by atoms with van der Waals surface area (Å²) in [5.74, 6) is 1.86. The Hall–Kier alpha value is -2.12. The maximum Gasteiger partial charge on any atom is 0.173 e. The fourth-order valence-corrected chi connectivity index (χ4v) is 4.08. The van der Waals surface area contributed by atoms with E-state index >= 15 is 0 Å². The predicted molar refractivity (Wildman–Crippen MR) is 111 cm³/mol. The quantitative estimate of drug-likeness (QED) is 0.622. The van der Waals surface area contributed by atoms with Gasteiger partial charge >= 0.3 is 0 Å². The van der Waals surface area contributed by atoms with Gasteiger partial charge in [-0.25, -0.2) is 4.98 Å². The third-order valence-electron chi connectivity index (χ3n) is 5.12. The predicted octanol–water partition coefficient (Wildman–Crippen LogP) is 3.85. The number of nitrogens with zero attached hydrogens (tertiary/aromatic N) is 4. The molecule has 3 aromatic rings. The maximum absolute atomic E-state index is 9.45. The number of halogens is 1. The standard InChI is InChI=1S/C20H24BrN5O/c21-17-14-23-26-18(22-13-15-6-2-1-3-7-15)12-19(24-20(17)26)25-10-5-4-8-16(25)9-11-27/h1-3,6-7,12,14,16,22,27H,4-5,8-11,13H2. The molecule has 1 atom stereocenters.